The summed E-state index contributed by atoms with van der Waals surface area (Å²) in [5.41, 5.74) is 14.3. The molecular formula is C45H57ClN10O7S. The van der Waals surface area contributed by atoms with Crippen LogP contribution in [0.3, 0.4) is 0 Å². The molecule has 6 amide bonds. The van der Waals surface area contributed by atoms with E-state index >= 15 is 0 Å². The van der Waals surface area contributed by atoms with E-state index in [1.165, 1.54) is 11.8 Å². The molecule has 4 aliphatic rings. The first-order chi connectivity index (χ1) is 30.8. The highest BCUT2D eigenvalue weighted by Crippen LogP contribution is 2.43. The lowest BCUT2D eigenvalue weighted by molar-refractivity contribution is -0.136. The van der Waals surface area contributed by atoms with E-state index in [9.17, 15) is 28.8 Å². The summed E-state index contributed by atoms with van der Waals surface area (Å²) in [4.78, 5) is 88.6. The number of piperidine rings is 2. The molecule has 3 atom stereocenters. The zero-order valence-corrected chi connectivity index (χ0v) is 37.7. The van der Waals surface area contributed by atoms with E-state index < -0.39 is 29.7 Å². The Hall–Kier alpha value is -5.30. The molecule has 64 heavy (non-hydrogen) atoms. The topological polar surface area (TPSA) is 244 Å². The number of aromatic nitrogens is 2. The van der Waals surface area contributed by atoms with Crippen LogP contribution in [0.4, 0.5) is 23.0 Å². The van der Waals surface area contributed by atoms with Gasteiger partial charge in [0.1, 0.15) is 16.9 Å². The molecule has 17 nitrogen and oxygen atoms in total. The Bertz CT molecular complexity index is 2260. The molecular weight excluding hydrogens is 860 g/mol. The first-order valence-corrected chi connectivity index (χ1v) is 23.4. The van der Waals surface area contributed by atoms with Crippen molar-refractivity contribution in [1.82, 2.24) is 25.5 Å². The third kappa shape index (κ3) is 10.8. The smallest absolute Gasteiger partial charge is 0.264 e. The number of carbonyl (C=O) groups excluding carboxylic acids is 6. The van der Waals surface area contributed by atoms with Gasteiger partial charge in [-0.15, -0.1) is 0 Å². The van der Waals surface area contributed by atoms with Gasteiger partial charge in [0, 0.05) is 67.5 Å². The second-order valence-electron chi connectivity index (χ2n) is 17.0. The standard InChI is InChI=1S/C45H57ClN10O7S/c1-27-39(47)45(26-63-27)19-23-55(24-20-45)33-25-51-42(40(48)53-33)64-32-14-10-13-30(38(32)46)52-35(58)18-17-34(57)50-22-8-6-4-2-3-5-7-21-49-29-12-9-11-28-37(29)44(62)56(43(28)61)31-15-16-36(59)54-41(31)60/h9-14,25,27,31,39,49H,2-8,15-24,26,47H2,1H3,(H2,48,53)(H,50,57)(H,52,58)(H,54,59,60)/t27-,31?,39+/m0/s1. The first kappa shape index (κ1) is 46.7. The SMILES string of the molecule is C[C@@H]1OCC2(CCN(c3cnc(Sc4cccc(NC(=O)CCC(=O)NCCCCCCCCCNc5cccc6c5C(=O)N(C5CCC(=O)NC5=O)C6=O)c4Cl)c(N)n3)CC2)[C@@H]1N. The van der Waals surface area contributed by atoms with Crippen molar-refractivity contribution >= 4 is 81.8 Å². The number of imide groups is 2. The van der Waals surface area contributed by atoms with Crippen molar-refractivity contribution in [2.75, 3.05) is 54.1 Å². The zero-order chi connectivity index (χ0) is 45.4. The zero-order valence-electron chi connectivity index (χ0n) is 36.1. The number of hydrogen-bond acceptors (Lipinski definition) is 14. The van der Waals surface area contributed by atoms with E-state index in [4.69, 9.17) is 27.8 Å². The number of ether oxygens (including phenoxy) is 1. The Morgan fingerprint density at radius 1 is 0.938 bits per heavy atom. The molecule has 4 aliphatic heterocycles. The highest BCUT2D eigenvalue weighted by molar-refractivity contribution is 7.99. The van der Waals surface area contributed by atoms with Gasteiger partial charge >= 0.3 is 0 Å². The van der Waals surface area contributed by atoms with Gasteiger partial charge in [-0.1, -0.05) is 67.6 Å². The van der Waals surface area contributed by atoms with Gasteiger partial charge < -0.3 is 37.1 Å². The number of anilines is 4. The van der Waals surface area contributed by atoms with Gasteiger partial charge in [0.25, 0.3) is 11.8 Å². The molecule has 3 fully saturated rings. The summed E-state index contributed by atoms with van der Waals surface area (Å²) < 4.78 is 5.85. The molecule has 1 unspecified atom stereocenters. The van der Waals surface area contributed by atoms with Crippen molar-refractivity contribution in [2.45, 2.75) is 119 Å². The van der Waals surface area contributed by atoms with Crippen LogP contribution in [-0.4, -0.2) is 101 Å². The number of nitrogens with one attached hydrogen (secondary N) is 4. The van der Waals surface area contributed by atoms with E-state index in [2.05, 4.69) is 36.1 Å². The molecule has 0 aliphatic carbocycles. The number of fused-ring (bicyclic) bond motifs is 1. The molecule has 3 aromatic rings. The summed E-state index contributed by atoms with van der Waals surface area (Å²) in [6, 6.07) is 9.37. The van der Waals surface area contributed by atoms with E-state index in [1.807, 2.05) is 13.0 Å². The average molecular weight is 918 g/mol. The van der Waals surface area contributed by atoms with Crippen LogP contribution in [0.1, 0.15) is 111 Å². The number of nitrogens with zero attached hydrogens (tertiary/aromatic N) is 4. The van der Waals surface area contributed by atoms with Crippen LogP contribution in [0.5, 0.6) is 0 Å². The molecule has 342 valence electrons. The predicted octanol–water partition coefficient (Wildman–Crippen LogP) is 5.27. The molecule has 8 N–H and O–H groups in total. The Morgan fingerprint density at radius 2 is 1.62 bits per heavy atom. The first-order valence-electron chi connectivity index (χ1n) is 22.2. The summed E-state index contributed by atoms with van der Waals surface area (Å²) in [6.07, 6.45) is 10.6. The molecule has 3 saturated heterocycles. The quantitative estimate of drug-likeness (QED) is 0.0663. The molecule has 5 heterocycles. The molecule has 7 rings (SSSR count). The summed E-state index contributed by atoms with van der Waals surface area (Å²) >= 11 is 7.97. The number of nitrogen functional groups attached to an aromatic ring is 1. The Labute approximate surface area is 381 Å². The van der Waals surface area contributed by atoms with Crippen molar-refractivity contribution in [3.63, 3.8) is 0 Å². The van der Waals surface area contributed by atoms with Crippen molar-refractivity contribution in [1.29, 1.82) is 0 Å². The summed E-state index contributed by atoms with van der Waals surface area (Å²) in [5.74, 6) is -1.61. The second-order valence-corrected chi connectivity index (χ2v) is 18.4. The number of amides is 6. The van der Waals surface area contributed by atoms with Crippen LogP contribution in [0.15, 0.2) is 52.5 Å². The molecule has 1 spiro atoms. The minimum atomic E-state index is -0.999. The predicted molar refractivity (Wildman–Crippen MR) is 244 cm³/mol. The molecule has 1 aromatic heterocycles. The third-order valence-electron chi connectivity index (χ3n) is 12.7. The fourth-order valence-electron chi connectivity index (χ4n) is 8.83. The Morgan fingerprint density at radius 3 is 2.33 bits per heavy atom. The lowest BCUT2D eigenvalue weighted by Gasteiger charge is -2.41. The monoisotopic (exact) mass is 916 g/mol. The van der Waals surface area contributed by atoms with Gasteiger partial charge in [0.2, 0.25) is 23.6 Å². The van der Waals surface area contributed by atoms with Crippen LogP contribution in [0.25, 0.3) is 0 Å². The van der Waals surface area contributed by atoms with Gasteiger partial charge in [0.05, 0.1) is 40.7 Å². The number of hydrogen-bond donors (Lipinski definition) is 6. The van der Waals surface area contributed by atoms with Gasteiger partial charge in [-0.3, -0.25) is 39.0 Å². The summed E-state index contributed by atoms with van der Waals surface area (Å²) in [6.45, 7) is 5.46. The molecule has 19 heteroatoms. The number of unbranched alkanes of at least 4 members (excludes halogenated alkanes) is 6. The van der Waals surface area contributed by atoms with Crippen molar-refractivity contribution in [3.8, 4) is 0 Å². The van der Waals surface area contributed by atoms with E-state index in [0.29, 0.717) is 51.8 Å². The van der Waals surface area contributed by atoms with Gasteiger partial charge in [-0.05, 0) is 63.3 Å². The van der Waals surface area contributed by atoms with Crippen LogP contribution >= 0.6 is 23.4 Å². The number of nitrogens with two attached hydrogens (primary N) is 2. The number of rotatable bonds is 19. The third-order valence-corrected chi connectivity index (χ3v) is 14.3. The van der Waals surface area contributed by atoms with Crippen LogP contribution in [0.2, 0.25) is 5.02 Å². The van der Waals surface area contributed by atoms with E-state index in [-0.39, 0.29) is 72.0 Å². The Balaban J connectivity index is 0.738. The molecule has 0 radical (unpaired) electrons. The maximum absolute atomic E-state index is 13.3. The largest absolute Gasteiger partial charge is 0.384 e. The highest BCUT2D eigenvalue weighted by atomic mass is 35.5. The van der Waals surface area contributed by atoms with Crippen molar-refractivity contribution in [3.05, 3.63) is 58.7 Å². The van der Waals surface area contributed by atoms with Gasteiger partial charge in [0.15, 0.2) is 5.82 Å². The average Bonchev–Trinajstić information content (AvgIpc) is 3.70. The summed E-state index contributed by atoms with van der Waals surface area (Å²) in [7, 11) is 0. The Kier molecular flexibility index (Phi) is 15.4. The van der Waals surface area contributed by atoms with Crippen LogP contribution < -0.4 is 37.6 Å². The lowest BCUT2D eigenvalue weighted by atomic mass is 9.73. The van der Waals surface area contributed by atoms with Gasteiger partial charge in [-0.25, -0.2) is 9.97 Å². The minimum absolute atomic E-state index is 0.000793. The lowest BCUT2D eigenvalue weighted by Crippen LogP contribution is -2.54. The number of carbonyl (C=O) groups is 6. The van der Waals surface area contributed by atoms with E-state index in [0.717, 1.165) is 75.8 Å². The maximum Gasteiger partial charge on any atom is 0.264 e. The minimum Gasteiger partial charge on any atom is -0.384 e. The van der Waals surface area contributed by atoms with Crippen molar-refractivity contribution in [2.24, 2.45) is 11.1 Å². The van der Waals surface area contributed by atoms with Crippen LogP contribution in [0, 0.1) is 5.41 Å². The maximum atomic E-state index is 13.3. The number of benzene rings is 2. The normalized spacial score (nSPS) is 20.4. The van der Waals surface area contributed by atoms with Gasteiger partial charge in [-0.2, -0.15) is 0 Å². The molecule has 0 saturated carbocycles. The fraction of sp³-hybridized carbons (Fsp3) is 0.511. The molecule has 2 aromatic carbocycles. The second kappa shape index (κ2) is 21.1. The number of halogens is 1. The van der Waals surface area contributed by atoms with Crippen molar-refractivity contribution < 1.29 is 33.5 Å². The highest BCUT2D eigenvalue weighted by Gasteiger charge is 2.48. The fourth-order valence-corrected chi connectivity index (χ4v) is 9.93. The summed E-state index contributed by atoms with van der Waals surface area (Å²) in [5, 5.41) is 12.1. The molecule has 0 bridgehead atoms. The van der Waals surface area contributed by atoms with Crippen LogP contribution in [-0.2, 0) is 23.9 Å². The van der Waals surface area contributed by atoms with E-state index in [1.54, 1.807) is 36.5 Å².